The zero-order chi connectivity index (χ0) is 17.4. The number of fused-ring (bicyclic) bond motifs is 1. The van der Waals surface area contributed by atoms with Crippen LogP contribution >= 0.6 is 11.3 Å². The Balaban J connectivity index is 1.65. The van der Waals surface area contributed by atoms with Gasteiger partial charge in [0.15, 0.2) is 0 Å². The van der Waals surface area contributed by atoms with Gasteiger partial charge in [-0.15, -0.1) is 11.3 Å². The van der Waals surface area contributed by atoms with Crippen molar-refractivity contribution >= 4 is 33.4 Å². The molecule has 0 saturated heterocycles. The van der Waals surface area contributed by atoms with E-state index in [1.54, 1.807) is 6.07 Å². The van der Waals surface area contributed by atoms with Crippen molar-refractivity contribution in [2.45, 2.75) is 45.1 Å². The van der Waals surface area contributed by atoms with Crippen LogP contribution < -0.4 is 10.9 Å². The fourth-order valence-corrected chi connectivity index (χ4v) is 3.07. The van der Waals surface area contributed by atoms with E-state index in [1.807, 2.05) is 5.38 Å². The van der Waals surface area contributed by atoms with E-state index < -0.39 is 5.97 Å². The van der Waals surface area contributed by atoms with Crippen LogP contribution in [-0.2, 0) is 16.1 Å². The number of aromatic nitrogens is 2. The Morgan fingerprint density at radius 3 is 2.79 bits per heavy atom. The molecule has 0 unspecified atom stereocenters. The number of hydrogen-bond acceptors (Lipinski definition) is 5. The number of rotatable bonds is 10. The minimum Gasteiger partial charge on any atom is -0.481 e. The summed E-state index contributed by atoms with van der Waals surface area (Å²) in [6, 6.07) is 1.75. The number of aliphatic carboxylic acids is 1. The maximum Gasteiger partial charge on any atom is 0.303 e. The molecule has 2 aromatic heterocycles. The fourth-order valence-electron chi connectivity index (χ4n) is 2.35. The van der Waals surface area contributed by atoms with Crippen molar-refractivity contribution < 1.29 is 14.7 Å². The number of nitrogens with zero attached hydrogens (tertiary/aromatic N) is 2. The van der Waals surface area contributed by atoms with Crippen molar-refractivity contribution in [3.63, 3.8) is 0 Å². The predicted octanol–water partition coefficient (Wildman–Crippen LogP) is 2.00. The average Bonchev–Trinajstić information content (AvgIpc) is 3.02. The van der Waals surface area contributed by atoms with Crippen LogP contribution in [0.25, 0.3) is 10.2 Å². The van der Waals surface area contributed by atoms with Gasteiger partial charge in [-0.2, -0.15) is 0 Å². The zero-order valence-electron chi connectivity index (χ0n) is 13.4. The van der Waals surface area contributed by atoms with Gasteiger partial charge in [0.05, 0.1) is 11.7 Å². The van der Waals surface area contributed by atoms with Gasteiger partial charge < -0.3 is 10.4 Å². The molecule has 0 saturated carbocycles. The second-order valence-corrected chi connectivity index (χ2v) is 6.44. The van der Waals surface area contributed by atoms with Crippen molar-refractivity contribution in [3.05, 3.63) is 28.1 Å². The first kappa shape index (κ1) is 18.1. The van der Waals surface area contributed by atoms with Gasteiger partial charge >= 0.3 is 5.97 Å². The maximum atomic E-state index is 12.2. The Morgan fingerprint density at radius 2 is 2.00 bits per heavy atom. The maximum absolute atomic E-state index is 12.2. The van der Waals surface area contributed by atoms with Crippen molar-refractivity contribution in [3.8, 4) is 0 Å². The number of amides is 1. The van der Waals surface area contributed by atoms with Gasteiger partial charge in [-0.05, 0) is 24.3 Å². The van der Waals surface area contributed by atoms with Crippen molar-refractivity contribution in [1.82, 2.24) is 14.9 Å². The third-order valence-corrected chi connectivity index (χ3v) is 4.49. The van der Waals surface area contributed by atoms with E-state index >= 15 is 0 Å². The smallest absolute Gasteiger partial charge is 0.303 e. The number of carbonyl (C=O) groups is 2. The van der Waals surface area contributed by atoms with Crippen molar-refractivity contribution in [2.75, 3.05) is 6.54 Å². The predicted molar refractivity (Wildman–Crippen MR) is 92.2 cm³/mol. The van der Waals surface area contributed by atoms with Crippen LogP contribution in [0.3, 0.4) is 0 Å². The topological polar surface area (TPSA) is 101 Å². The Kier molecular flexibility index (Phi) is 6.92. The number of thiophene rings is 1. The highest BCUT2D eigenvalue weighted by Gasteiger charge is 2.07. The van der Waals surface area contributed by atoms with E-state index in [0.717, 1.165) is 19.3 Å². The molecule has 0 atom stereocenters. The number of carboxylic acids is 1. The molecule has 130 valence electrons. The molecule has 7 nitrogen and oxygen atoms in total. The van der Waals surface area contributed by atoms with Crippen LogP contribution in [0, 0.1) is 0 Å². The van der Waals surface area contributed by atoms with Crippen LogP contribution in [0.1, 0.15) is 38.5 Å². The fraction of sp³-hybridized carbons (Fsp3) is 0.500. The van der Waals surface area contributed by atoms with E-state index in [2.05, 4.69) is 10.3 Å². The van der Waals surface area contributed by atoms with Gasteiger partial charge in [0.2, 0.25) is 5.91 Å². The summed E-state index contributed by atoms with van der Waals surface area (Å²) in [6.45, 7) is 0.880. The molecule has 2 aromatic rings. The standard InChI is InChI=1S/C16H21N3O4S/c20-13(17-8-4-2-1-3-5-14(21)22)6-9-19-11-18-15-12(16(19)23)7-10-24-15/h7,10-11H,1-6,8-9H2,(H,17,20)(H,21,22). The summed E-state index contributed by atoms with van der Waals surface area (Å²) in [5, 5.41) is 13.8. The third kappa shape index (κ3) is 5.45. The first-order valence-electron chi connectivity index (χ1n) is 7.99. The minimum absolute atomic E-state index is 0.0992. The first-order valence-corrected chi connectivity index (χ1v) is 8.87. The number of carbonyl (C=O) groups excluding carboxylic acids is 1. The highest BCUT2D eigenvalue weighted by molar-refractivity contribution is 7.16. The van der Waals surface area contributed by atoms with Crippen LogP contribution in [0.4, 0.5) is 0 Å². The molecule has 1 amide bonds. The molecule has 0 aromatic carbocycles. The van der Waals surface area contributed by atoms with Crippen LogP contribution in [0.2, 0.25) is 0 Å². The Bertz CT molecular complexity index is 753. The van der Waals surface area contributed by atoms with E-state index in [-0.39, 0.29) is 24.3 Å². The highest BCUT2D eigenvalue weighted by atomic mass is 32.1. The van der Waals surface area contributed by atoms with Crippen LogP contribution in [-0.4, -0.2) is 33.1 Å². The summed E-state index contributed by atoms with van der Waals surface area (Å²) >= 11 is 1.42. The van der Waals surface area contributed by atoms with Gasteiger partial charge in [-0.1, -0.05) is 12.8 Å². The van der Waals surface area contributed by atoms with Crippen molar-refractivity contribution in [1.29, 1.82) is 0 Å². The Hall–Kier alpha value is -2.22. The molecule has 0 aliphatic rings. The molecule has 2 rings (SSSR count). The Morgan fingerprint density at radius 1 is 1.21 bits per heavy atom. The molecule has 0 aliphatic heterocycles. The number of hydrogen-bond donors (Lipinski definition) is 2. The van der Waals surface area contributed by atoms with Crippen molar-refractivity contribution in [2.24, 2.45) is 0 Å². The lowest BCUT2D eigenvalue weighted by molar-refractivity contribution is -0.137. The third-order valence-electron chi connectivity index (χ3n) is 3.67. The van der Waals surface area contributed by atoms with Gasteiger partial charge in [0, 0.05) is 25.9 Å². The SMILES string of the molecule is O=C(O)CCCCCCNC(=O)CCn1cnc2sccc2c1=O. The number of carboxylic acid groups (broad SMARTS) is 1. The largest absolute Gasteiger partial charge is 0.481 e. The summed E-state index contributed by atoms with van der Waals surface area (Å²) in [6.07, 6.45) is 5.16. The van der Waals surface area contributed by atoms with Crippen LogP contribution in [0.5, 0.6) is 0 Å². The number of nitrogens with one attached hydrogen (secondary N) is 1. The summed E-state index contributed by atoms with van der Waals surface area (Å²) in [4.78, 5) is 39.2. The summed E-state index contributed by atoms with van der Waals surface area (Å²) in [5.74, 6) is -0.869. The summed E-state index contributed by atoms with van der Waals surface area (Å²) in [5.41, 5.74) is -0.118. The summed E-state index contributed by atoms with van der Waals surface area (Å²) < 4.78 is 1.46. The molecule has 0 aliphatic carbocycles. The molecule has 24 heavy (non-hydrogen) atoms. The normalized spacial score (nSPS) is 10.8. The van der Waals surface area contributed by atoms with E-state index in [9.17, 15) is 14.4 Å². The van der Waals surface area contributed by atoms with E-state index in [0.29, 0.717) is 29.7 Å². The zero-order valence-corrected chi connectivity index (χ0v) is 14.2. The Labute approximate surface area is 143 Å². The second kappa shape index (κ2) is 9.17. The molecule has 0 radical (unpaired) electrons. The van der Waals surface area contributed by atoms with Crippen LogP contribution in [0.15, 0.2) is 22.6 Å². The van der Waals surface area contributed by atoms with Gasteiger partial charge in [0.25, 0.3) is 5.56 Å². The highest BCUT2D eigenvalue weighted by Crippen LogP contribution is 2.13. The van der Waals surface area contributed by atoms with E-state index in [1.165, 1.54) is 22.2 Å². The van der Waals surface area contributed by atoms with E-state index in [4.69, 9.17) is 5.11 Å². The lowest BCUT2D eigenvalue weighted by Crippen LogP contribution is -2.28. The number of aryl methyl sites for hydroxylation is 1. The molecule has 2 heterocycles. The molecular formula is C16H21N3O4S. The molecule has 0 fully saturated rings. The molecular weight excluding hydrogens is 330 g/mol. The van der Waals surface area contributed by atoms with Gasteiger partial charge in [-0.3, -0.25) is 19.0 Å². The second-order valence-electron chi connectivity index (χ2n) is 5.54. The quantitative estimate of drug-likeness (QED) is 0.638. The lowest BCUT2D eigenvalue weighted by Gasteiger charge is -2.07. The molecule has 2 N–H and O–H groups in total. The lowest BCUT2D eigenvalue weighted by atomic mass is 10.1. The monoisotopic (exact) mass is 351 g/mol. The van der Waals surface area contributed by atoms with Gasteiger partial charge in [0.1, 0.15) is 4.83 Å². The number of unbranched alkanes of at least 4 members (excludes halogenated alkanes) is 3. The molecule has 8 heteroatoms. The van der Waals surface area contributed by atoms with Gasteiger partial charge in [-0.25, -0.2) is 4.98 Å². The molecule has 0 spiro atoms. The summed E-state index contributed by atoms with van der Waals surface area (Å²) in [7, 11) is 0. The first-order chi connectivity index (χ1) is 11.6. The molecule has 0 bridgehead atoms. The minimum atomic E-state index is -0.770. The average molecular weight is 351 g/mol.